The summed E-state index contributed by atoms with van der Waals surface area (Å²) in [6.07, 6.45) is 5.90. The summed E-state index contributed by atoms with van der Waals surface area (Å²) in [6, 6.07) is 8.02. The Hall–Kier alpha value is -1.55. The standard InChI is InChI=1S/C18H28N2O2/c1-3-17(15-8-10-16(22-2)11-9-15)19-18(21)14-20-12-6-4-5-7-13-20/h8-11,17H,3-7,12-14H2,1-2H3,(H,19,21). The van der Waals surface area contributed by atoms with E-state index in [0.29, 0.717) is 6.54 Å². The van der Waals surface area contributed by atoms with E-state index in [9.17, 15) is 4.79 Å². The molecule has 1 N–H and O–H groups in total. The summed E-state index contributed by atoms with van der Waals surface area (Å²) in [5.74, 6) is 0.971. The number of hydrogen-bond acceptors (Lipinski definition) is 3. The number of carbonyl (C=O) groups excluding carboxylic acids is 1. The molecule has 1 aromatic rings. The zero-order valence-corrected chi connectivity index (χ0v) is 13.8. The van der Waals surface area contributed by atoms with Crippen LogP contribution in [0.5, 0.6) is 5.75 Å². The van der Waals surface area contributed by atoms with E-state index in [1.807, 2.05) is 24.3 Å². The number of nitrogens with zero attached hydrogens (tertiary/aromatic N) is 1. The van der Waals surface area contributed by atoms with E-state index in [2.05, 4.69) is 17.1 Å². The number of carbonyl (C=O) groups is 1. The molecule has 1 heterocycles. The molecule has 1 aliphatic rings. The Morgan fingerprint density at radius 3 is 2.36 bits per heavy atom. The van der Waals surface area contributed by atoms with Gasteiger partial charge in [0.25, 0.3) is 0 Å². The predicted molar refractivity (Wildman–Crippen MR) is 89.1 cm³/mol. The fourth-order valence-corrected chi connectivity index (χ4v) is 2.99. The van der Waals surface area contributed by atoms with E-state index in [4.69, 9.17) is 4.74 Å². The van der Waals surface area contributed by atoms with Crippen LogP contribution in [0.25, 0.3) is 0 Å². The summed E-state index contributed by atoms with van der Waals surface area (Å²) in [5, 5.41) is 3.17. The van der Waals surface area contributed by atoms with Crippen molar-refractivity contribution in [2.45, 2.75) is 45.1 Å². The number of amides is 1. The van der Waals surface area contributed by atoms with Crippen molar-refractivity contribution in [1.29, 1.82) is 0 Å². The topological polar surface area (TPSA) is 41.6 Å². The van der Waals surface area contributed by atoms with Crippen LogP contribution in [0.2, 0.25) is 0 Å². The second kappa shape index (κ2) is 8.79. The van der Waals surface area contributed by atoms with Crippen LogP contribution in [0.1, 0.15) is 50.6 Å². The first kappa shape index (κ1) is 16.8. The highest BCUT2D eigenvalue weighted by Crippen LogP contribution is 2.20. The van der Waals surface area contributed by atoms with Crippen molar-refractivity contribution in [3.8, 4) is 5.75 Å². The third kappa shape index (κ3) is 5.02. The van der Waals surface area contributed by atoms with Crippen molar-refractivity contribution in [2.75, 3.05) is 26.7 Å². The van der Waals surface area contributed by atoms with Crippen LogP contribution in [0, 0.1) is 0 Å². The Morgan fingerprint density at radius 2 is 1.82 bits per heavy atom. The maximum Gasteiger partial charge on any atom is 0.234 e. The maximum absolute atomic E-state index is 12.3. The lowest BCUT2D eigenvalue weighted by Crippen LogP contribution is -2.39. The Labute approximate surface area is 133 Å². The Balaban J connectivity index is 1.89. The molecule has 1 fully saturated rings. The van der Waals surface area contributed by atoms with Crippen molar-refractivity contribution in [3.05, 3.63) is 29.8 Å². The van der Waals surface area contributed by atoms with E-state index >= 15 is 0 Å². The molecule has 0 radical (unpaired) electrons. The van der Waals surface area contributed by atoms with Gasteiger partial charge in [-0.2, -0.15) is 0 Å². The molecule has 4 nitrogen and oxygen atoms in total. The monoisotopic (exact) mass is 304 g/mol. The van der Waals surface area contributed by atoms with Crippen LogP contribution in [-0.2, 0) is 4.79 Å². The van der Waals surface area contributed by atoms with Gasteiger partial charge < -0.3 is 10.1 Å². The summed E-state index contributed by atoms with van der Waals surface area (Å²) in [6.45, 7) is 4.72. The van der Waals surface area contributed by atoms with Gasteiger partial charge in [-0.3, -0.25) is 9.69 Å². The van der Waals surface area contributed by atoms with E-state index < -0.39 is 0 Å². The minimum atomic E-state index is 0.0744. The molecule has 0 bridgehead atoms. The van der Waals surface area contributed by atoms with E-state index in [0.717, 1.165) is 30.8 Å². The van der Waals surface area contributed by atoms with Crippen LogP contribution in [0.3, 0.4) is 0 Å². The molecule has 1 aromatic carbocycles. The molecule has 1 aliphatic heterocycles. The second-order valence-corrected chi connectivity index (χ2v) is 5.99. The van der Waals surface area contributed by atoms with E-state index in [1.54, 1.807) is 7.11 Å². The first-order chi connectivity index (χ1) is 10.7. The number of nitrogens with one attached hydrogen (secondary N) is 1. The van der Waals surface area contributed by atoms with Gasteiger partial charge in [0.15, 0.2) is 0 Å². The summed E-state index contributed by atoms with van der Waals surface area (Å²) < 4.78 is 5.18. The van der Waals surface area contributed by atoms with E-state index in [-0.39, 0.29) is 11.9 Å². The SMILES string of the molecule is CCC(NC(=O)CN1CCCCCC1)c1ccc(OC)cc1. The maximum atomic E-state index is 12.3. The molecule has 122 valence electrons. The Kier molecular flexibility index (Phi) is 6.72. The number of methoxy groups -OCH3 is 1. The summed E-state index contributed by atoms with van der Waals surface area (Å²) in [7, 11) is 1.66. The minimum Gasteiger partial charge on any atom is -0.497 e. The third-order valence-electron chi connectivity index (χ3n) is 4.33. The Bertz CT molecular complexity index is 451. The smallest absolute Gasteiger partial charge is 0.234 e. The normalized spacial score (nSPS) is 17.5. The molecule has 4 heteroatoms. The Morgan fingerprint density at radius 1 is 1.18 bits per heavy atom. The molecule has 1 amide bonds. The molecule has 1 unspecified atom stereocenters. The zero-order chi connectivity index (χ0) is 15.8. The molecule has 1 atom stereocenters. The van der Waals surface area contributed by atoms with Gasteiger partial charge in [0, 0.05) is 0 Å². The van der Waals surface area contributed by atoms with Crippen molar-refractivity contribution < 1.29 is 9.53 Å². The zero-order valence-electron chi connectivity index (χ0n) is 13.8. The van der Waals surface area contributed by atoms with Gasteiger partial charge in [0.2, 0.25) is 5.91 Å². The fraction of sp³-hybridized carbons (Fsp3) is 0.611. The van der Waals surface area contributed by atoms with Gasteiger partial charge in [0.1, 0.15) is 5.75 Å². The summed E-state index contributed by atoms with van der Waals surface area (Å²) in [4.78, 5) is 14.6. The number of hydrogen-bond donors (Lipinski definition) is 1. The highest BCUT2D eigenvalue weighted by molar-refractivity contribution is 5.78. The van der Waals surface area contributed by atoms with Gasteiger partial charge in [-0.1, -0.05) is 31.9 Å². The molecule has 22 heavy (non-hydrogen) atoms. The number of ether oxygens (including phenoxy) is 1. The molecule has 0 aliphatic carbocycles. The first-order valence-corrected chi connectivity index (χ1v) is 8.38. The molecule has 0 spiro atoms. The molecular weight excluding hydrogens is 276 g/mol. The molecule has 2 rings (SSSR count). The highest BCUT2D eigenvalue weighted by Gasteiger charge is 2.16. The predicted octanol–water partition coefficient (Wildman–Crippen LogP) is 3.14. The number of rotatable bonds is 6. The number of benzene rings is 1. The van der Waals surface area contributed by atoms with Crippen LogP contribution in [0.4, 0.5) is 0 Å². The van der Waals surface area contributed by atoms with E-state index in [1.165, 1.54) is 25.7 Å². The van der Waals surface area contributed by atoms with Crippen molar-refractivity contribution in [1.82, 2.24) is 10.2 Å². The van der Waals surface area contributed by atoms with Gasteiger partial charge in [-0.25, -0.2) is 0 Å². The van der Waals surface area contributed by atoms with Crippen molar-refractivity contribution in [2.24, 2.45) is 0 Å². The van der Waals surface area contributed by atoms with Gasteiger partial charge in [0.05, 0.1) is 19.7 Å². The van der Waals surface area contributed by atoms with Crippen LogP contribution < -0.4 is 10.1 Å². The van der Waals surface area contributed by atoms with Gasteiger partial charge >= 0.3 is 0 Å². The van der Waals surface area contributed by atoms with Crippen molar-refractivity contribution >= 4 is 5.91 Å². The van der Waals surface area contributed by atoms with Crippen molar-refractivity contribution in [3.63, 3.8) is 0 Å². The fourth-order valence-electron chi connectivity index (χ4n) is 2.99. The minimum absolute atomic E-state index is 0.0744. The summed E-state index contributed by atoms with van der Waals surface area (Å²) >= 11 is 0. The quantitative estimate of drug-likeness (QED) is 0.878. The largest absolute Gasteiger partial charge is 0.497 e. The van der Waals surface area contributed by atoms with Crippen LogP contribution >= 0.6 is 0 Å². The molecule has 1 saturated heterocycles. The number of likely N-dealkylation sites (tertiary alicyclic amines) is 1. The molecule has 0 saturated carbocycles. The van der Waals surface area contributed by atoms with Crippen LogP contribution in [-0.4, -0.2) is 37.6 Å². The lowest BCUT2D eigenvalue weighted by Gasteiger charge is -2.22. The average molecular weight is 304 g/mol. The molecular formula is C18H28N2O2. The average Bonchev–Trinajstić information content (AvgIpc) is 2.81. The highest BCUT2D eigenvalue weighted by atomic mass is 16.5. The second-order valence-electron chi connectivity index (χ2n) is 5.99. The third-order valence-corrected chi connectivity index (χ3v) is 4.33. The lowest BCUT2D eigenvalue weighted by atomic mass is 10.0. The lowest BCUT2D eigenvalue weighted by molar-refractivity contribution is -0.123. The van der Waals surface area contributed by atoms with Gasteiger partial charge in [-0.15, -0.1) is 0 Å². The summed E-state index contributed by atoms with van der Waals surface area (Å²) in [5.41, 5.74) is 1.13. The molecule has 0 aromatic heterocycles. The first-order valence-electron chi connectivity index (χ1n) is 8.38. The van der Waals surface area contributed by atoms with Gasteiger partial charge in [-0.05, 0) is 50.0 Å². The van der Waals surface area contributed by atoms with Crippen LogP contribution in [0.15, 0.2) is 24.3 Å².